The largest absolute Gasteiger partial charge is 0.497 e. The summed E-state index contributed by atoms with van der Waals surface area (Å²) in [5, 5.41) is 6.01. The second-order valence-corrected chi connectivity index (χ2v) is 6.15. The second kappa shape index (κ2) is 8.85. The lowest BCUT2D eigenvalue weighted by Gasteiger charge is -2.12. The zero-order chi connectivity index (χ0) is 19.9. The number of carbonyl (C=O) groups excluding carboxylic acids is 1. The summed E-state index contributed by atoms with van der Waals surface area (Å²) in [7, 11) is 3.17. The molecule has 1 aromatic heterocycles. The van der Waals surface area contributed by atoms with Gasteiger partial charge in [0.05, 0.1) is 19.9 Å². The van der Waals surface area contributed by atoms with Crippen molar-refractivity contribution in [3.63, 3.8) is 0 Å². The molecule has 3 rings (SSSR count). The minimum absolute atomic E-state index is 0.270. The van der Waals surface area contributed by atoms with Crippen molar-refractivity contribution in [3.8, 4) is 11.5 Å². The van der Waals surface area contributed by atoms with Crippen LogP contribution in [0.4, 0.5) is 11.5 Å². The van der Waals surface area contributed by atoms with Crippen LogP contribution in [0.25, 0.3) is 0 Å². The van der Waals surface area contributed by atoms with Gasteiger partial charge in [0.1, 0.15) is 29.3 Å². The Bertz CT molecular complexity index is 975. The van der Waals surface area contributed by atoms with Gasteiger partial charge in [0.15, 0.2) is 0 Å². The summed E-state index contributed by atoms with van der Waals surface area (Å²) < 4.78 is 10.6. The van der Waals surface area contributed by atoms with Gasteiger partial charge >= 0.3 is 0 Å². The highest BCUT2D eigenvalue weighted by molar-refractivity contribution is 5.93. The predicted octanol–water partition coefficient (Wildman–Crippen LogP) is 3.48. The third kappa shape index (κ3) is 4.76. The number of hydrogen-bond acceptors (Lipinski definition) is 6. The number of methoxy groups -OCH3 is 2. The molecule has 2 N–H and O–H groups in total. The lowest BCUT2D eigenvalue weighted by molar-refractivity contribution is 0.0946. The minimum Gasteiger partial charge on any atom is -0.497 e. The molecule has 0 atom stereocenters. The molecule has 0 aliphatic carbocycles. The molecular weight excluding hydrogens is 356 g/mol. The summed E-state index contributed by atoms with van der Waals surface area (Å²) in [4.78, 5) is 20.7. The molecule has 0 aliphatic rings. The van der Waals surface area contributed by atoms with Gasteiger partial charge in [-0.15, -0.1) is 0 Å². The SMILES string of the molecule is COc1ccc(OC)c(Nc2cc(C(=O)NCc3cccc(C)c3)ncn2)c1. The molecule has 0 saturated carbocycles. The molecule has 0 fully saturated rings. The normalized spacial score (nSPS) is 10.2. The summed E-state index contributed by atoms with van der Waals surface area (Å²) in [6.45, 7) is 2.44. The maximum absolute atomic E-state index is 12.5. The Morgan fingerprint density at radius 1 is 1.04 bits per heavy atom. The Morgan fingerprint density at radius 3 is 2.64 bits per heavy atom. The molecule has 0 unspecified atom stereocenters. The minimum atomic E-state index is -0.274. The van der Waals surface area contributed by atoms with Crippen LogP contribution in [0.5, 0.6) is 11.5 Å². The van der Waals surface area contributed by atoms with E-state index in [1.807, 2.05) is 31.2 Å². The maximum Gasteiger partial charge on any atom is 0.270 e. The van der Waals surface area contributed by atoms with Crippen LogP contribution in [0.1, 0.15) is 21.6 Å². The molecule has 144 valence electrons. The summed E-state index contributed by atoms with van der Waals surface area (Å²) in [6.07, 6.45) is 1.34. The summed E-state index contributed by atoms with van der Waals surface area (Å²) in [5.41, 5.74) is 3.12. The first kappa shape index (κ1) is 19.2. The summed E-state index contributed by atoms with van der Waals surface area (Å²) in [5.74, 6) is 1.50. The van der Waals surface area contributed by atoms with E-state index in [1.54, 1.807) is 38.5 Å². The Hall–Kier alpha value is -3.61. The molecule has 28 heavy (non-hydrogen) atoms. The van der Waals surface area contributed by atoms with E-state index in [0.29, 0.717) is 29.5 Å². The van der Waals surface area contributed by atoms with E-state index < -0.39 is 0 Å². The lowest BCUT2D eigenvalue weighted by Crippen LogP contribution is -2.24. The van der Waals surface area contributed by atoms with Crippen LogP contribution in [0, 0.1) is 6.92 Å². The zero-order valence-corrected chi connectivity index (χ0v) is 16.0. The number of nitrogens with zero attached hydrogens (tertiary/aromatic N) is 2. The fraction of sp³-hybridized carbons (Fsp3) is 0.190. The van der Waals surface area contributed by atoms with Gasteiger partial charge in [0.25, 0.3) is 5.91 Å². The fourth-order valence-electron chi connectivity index (χ4n) is 2.69. The van der Waals surface area contributed by atoms with Gasteiger partial charge < -0.3 is 20.1 Å². The van der Waals surface area contributed by atoms with E-state index in [9.17, 15) is 4.79 Å². The number of nitrogens with one attached hydrogen (secondary N) is 2. The van der Waals surface area contributed by atoms with Gasteiger partial charge in [-0.05, 0) is 24.6 Å². The van der Waals surface area contributed by atoms with E-state index in [4.69, 9.17) is 9.47 Å². The number of carbonyl (C=O) groups is 1. The number of aromatic nitrogens is 2. The van der Waals surface area contributed by atoms with E-state index >= 15 is 0 Å². The quantitative estimate of drug-likeness (QED) is 0.655. The highest BCUT2D eigenvalue weighted by Gasteiger charge is 2.11. The number of ether oxygens (including phenoxy) is 2. The van der Waals surface area contributed by atoms with Crippen LogP contribution in [0.3, 0.4) is 0 Å². The van der Waals surface area contributed by atoms with E-state index in [-0.39, 0.29) is 11.6 Å². The molecule has 2 aromatic carbocycles. The summed E-state index contributed by atoms with van der Waals surface area (Å²) >= 11 is 0. The molecule has 0 saturated heterocycles. The van der Waals surface area contributed by atoms with Crippen LogP contribution in [-0.2, 0) is 6.54 Å². The number of hydrogen-bond donors (Lipinski definition) is 2. The standard InChI is InChI=1S/C21H22N4O3/c1-14-5-4-6-15(9-14)12-22-21(26)18-11-20(24-13-23-18)25-17-10-16(27-2)7-8-19(17)28-3/h4-11,13H,12H2,1-3H3,(H,22,26)(H,23,24,25). The third-order valence-electron chi connectivity index (χ3n) is 4.10. The number of amides is 1. The molecule has 0 spiro atoms. The monoisotopic (exact) mass is 378 g/mol. The number of aryl methyl sites for hydroxylation is 1. The predicted molar refractivity (Wildman–Crippen MR) is 107 cm³/mol. The zero-order valence-electron chi connectivity index (χ0n) is 16.0. The highest BCUT2D eigenvalue weighted by atomic mass is 16.5. The van der Waals surface area contributed by atoms with Crippen molar-refractivity contribution in [1.29, 1.82) is 0 Å². The Kier molecular flexibility index (Phi) is 6.06. The molecule has 1 heterocycles. The van der Waals surface area contributed by atoms with Crippen molar-refractivity contribution in [1.82, 2.24) is 15.3 Å². The van der Waals surface area contributed by atoms with Crippen LogP contribution >= 0.6 is 0 Å². The van der Waals surface area contributed by atoms with Crippen molar-refractivity contribution in [2.45, 2.75) is 13.5 Å². The van der Waals surface area contributed by atoms with Gasteiger partial charge in [0, 0.05) is 18.7 Å². The average molecular weight is 378 g/mol. The van der Waals surface area contributed by atoms with Crippen molar-refractivity contribution >= 4 is 17.4 Å². The van der Waals surface area contributed by atoms with Gasteiger partial charge in [-0.1, -0.05) is 29.8 Å². The van der Waals surface area contributed by atoms with E-state index in [0.717, 1.165) is 11.1 Å². The fourth-order valence-corrected chi connectivity index (χ4v) is 2.69. The number of rotatable bonds is 7. The van der Waals surface area contributed by atoms with Gasteiger partial charge in [-0.3, -0.25) is 4.79 Å². The molecule has 1 amide bonds. The second-order valence-electron chi connectivity index (χ2n) is 6.15. The lowest BCUT2D eigenvalue weighted by atomic mass is 10.1. The average Bonchev–Trinajstić information content (AvgIpc) is 2.72. The van der Waals surface area contributed by atoms with Gasteiger partial charge in [-0.2, -0.15) is 0 Å². The Labute approximate surface area is 163 Å². The van der Waals surface area contributed by atoms with Gasteiger partial charge in [0.2, 0.25) is 0 Å². The van der Waals surface area contributed by atoms with Crippen molar-refractivity contribution in [3.05, 3.63) is 71.7 Å². The van der Waals surface area contributed by atoms with Gasteiger partial charge in [-0.25, -0.2) is 9.97 Å². The molecule has 7 nitrogen and oxygen atoms in total. The molecule has 0 radical (unpaired) electrons. The molecule has 7 heteroatoms. The third-order valence-corrected chi connectivity index (χ3v) is 4.10. The topological polar surface area (TPSA) is 85.4 Å². The first-order valence-corrected chi connectivity index (χ1v) is 8.74. The molecular formula is C21H22N4O3. The van der Waals surface area contributed by atoms with Crippen LogP contribution in [0.15, 0.2) is 54.9 Å². The number of anilines is 2. The van der Waals surface area contributed by atoms with Crippen LogP contribution in [0.2, 0.25) is 0 Å². The van der Waals surface area contributed by atoms with E-state index in [1.165, 1.54) is 6.33 Å². The molecule has 0 bridgehead atoms. The first-order chi connectivity index (χ1) is 13.6. The Balaban J connectivity index is 1.72. The summed E-state index contributed by atoms with van der Waals surface area (Å²) in [6, 6.07) is 14.9. The number of benzene rings is 2. The molecule has 3 aromatic rings. The smallest absolute Gasteiger partial charge is 0.270 e. The first-order valence-electron chi connectivity index (χ1n) is 8.74. The Morgan fingerprint density at radius 2 is 1.89 bits per heavy atom. The van der Waals surface area contributed by atoms with Crippen LogP contribution in [-0.4, -0.2) is 30.1 Å². The van der Waals surface area contributed by atoms with Crippen molar-refractivity contribution in [2.24, 2.45) is 0 Å². The van der Waals surface area contributed by atoms with Crippen molar-refractivity contribution < 1.29 is 14.3 Å². The molecule has 0 aliphatic heterocycles. The maximum atomic E-state index is 12.5. The van der Waals surface area contributed by atoms with Crippen molar-refractivity contribution in [2.75, 3.05) is 19.5 Å². The highest BCUT2D eigenvalue weighted by Crippen LogP contribution is 2.30. The van der Waals surface area contributed by atoms with E-state index in [2.05, 4.69) is 20.6 Å². The van der Waals surface area contributed by atoms with Crippen LogP contribution < -0.4 is 20.1 Å².